The van der Waals surface area contributed by atoms with Crippen LogP contribution in [-0.4, -0.2) is 23.2 Å². The van der Waals surface area contributed by atoms with Crippen LogP contribution in [0.4, 0.5) is 4.79 Å². The van der Waals surface area contributed by atoms with Gasteiger partial charge in [0, 0.05) is 12.8 Å². The molecule has 0 fully saturated rings. The molecule has 0 aromatic heterocycles. The van der Waals surface area contributed by atoms with E-state index in [1.165, 1.54) is 0 Å². The minimum atomic E-state index is -0.761. The lowest BCUT2D eigenvalue weighted by molar-refractivity contribution is -0.113. The second kappa shape index (κ2) is 8.39. The zero-order valence-electron chi connectivity index (χ0n) is 14.9. The number of carbonyl (C=O) groups is 2. The summed E-state index contributed by atoms with van der Waals surface area (Å²) >= 11 is 0. The highest BCUT2D eigenvalue weighted by molar-refractivity contribution is 6.41. The molecular weight excluding hydrogens is 304 g/mol. The largest absolute Gasteiger partial charge is 0.442 e. The highest BCUT2D eigenvalue weighted by Gasteiger charge is 2.20. The van der Waals surface area contributed by atoms with Crippen molar-refractivity contribution < 1.29 is 14.3 Å². The van der Waals surface area contributed by atoms with Crippen LogP contribution in [-0.2, 0) is 16.0 Å². The zero-order chi connectivity index (χ0) is 18.3. The predicted molar refractivity (Wildman–Crippen MR) is 93.0 cm³/mol. The Morgan fingerprint density at radius 1 is 1.21 bits per heavy atom. The van der Waals surface area contributed by atoms with Gasteiger partial charge in [0.2, 0.25) is 0 Å². The summed E-state index contributed by atoms with van der Waals surface area (Å²) in [7, 11) is 0. The van der Waals surface area contributed by atoms with Gasteiger partial charge in [-0.25, -0.2) is 4.79 Å². The molecule has 0 N–H and O–H groups in total. The first-order valence-electron chi connectivity index (χ1n) is 7.93. The van der Waals surface area contributed by atoms with E-state index >= 15 is 0 Å². The maximum Gasteiger partial charge on any atom is 0.434 e. The molecule has 0 saturated heterocycles. The van der Waals surface area contributed by atoms with Crippen molar-refractivity contribution in [1.29, 1.82) is 5.26 Å². The Bertz CT molecular complexity index is 659. The van der Waals surface area contributed by atoms with E-state index in [9.17, 15) is 9.59 Å². The summed E-state index contributed by atoms with van der Waals surface area (Å²) in [5.41, 5.74) is 0.871. The van der Waals surface area contributed by atoms with Crippen LogP contribution in [0.2, 0.25) is 0 Å². The van der Waals surface area contributed by atoms with Gasteiger partial charge in [0.25, 0.3) is 0 Å². The number of carbonyl (C=O) groups excluding carboxylic acids is 2. The van der Waals surface area contributed by atoms with Crippen molar-refractivity contribution in [2.45, 2.75) is 53.1 Å². The number of amides is 1. The number of rotatable bonds is 5. The summed E-state index contributed by atoms with van der Waals surface area (Å²) in [6, 6.07) is 8.90. The Morgan fingerprint density at radius 2 is 1.79 bits per heavy atom. The number of aliphatic imine (C=N–C) groups is 1. The second-order valence-corrected chi connectivity index (χ2v) is 7.05. The van der Waals surface area contributed by atoms with Crippen molar-refractivity contribution in [2.24, 2.45) is 10.9 Å². The second-order valence-electron chi connectivity index (χ2n) is 7.05. The van der Waals surface area contributed by atoms with E-state index < -0.39 is 11.7 Å². The lowest BCUT2D eigenvalue weighted by atomic mass is 9.98. The maximum absolute atomic E-state index is 12.4. The number of nitrogens with zero attached hydrogens (tertiary/aromatic N) is 2. The fourth-order valence-corrected chi connectivity index (χ4v) is 1.97. The molecule has 128 valence electrons. The number of hydrogen-bond donors (Lipinski definition) is 0. The summed E-state index contributed by atoms with van der Waals surface area (Å²) in [5.74, 6) is 0.00233. The summed E-state index contributed by atoms with van der Waals surface area (Å²) in [6.45, 7) is 9.11. The van der Waals surface area contributed by atoms with Crippen molar-refractivity contribution in [3.8, 4) is 6.07 Å². The van der Waals surface area contributed by atoms with Gasteiger partial charge in [-0.1, -0.05) is 26.0 Å². The normalized spacial score (nSPS) is 12.0. The van der Waals surface area contributed by atoms with Crippen molar-refractivity contribution in [2.75, 3.05) is 0 Å². The molecule has 0 heterocycles. The summed E-state index contributed by atoms with van der Waals surface area (Å²) in [4.78, 5) is 28.2. The fourth-order valence-electron chi connectivity index (χ4n) is 1.97. The van der Waals surface area contributed by atoms with E-state index in [1.807, 2.05) is 19.9 Å². The lowest BCUT2D eigenvalue weighted by Crippen LogP contribution is -2.25. The Balaban J connectivity index is 3.02. The van der Waals surface area contributed by atoms with E-state index in [0.717, 1.165) is 5.56 Å². The minimum Gasteiger partial charge on any atom is -0.442 e. The van der Waals surface area contributed by atoms with Gasteiger partial charge in [0.05, 0.1) is 17.3 Å². The molecule has 0 unspecified atom stereocenters. The summed E-state index contributed by atoms with van der Waals surface area (Å²) in [6.07, 6.45) is -0.211. The quantitative estimate of drug-likeness (QED) is 0.762. The fraction of sp³-hybridized carbons (Fsp3) is 0.474. The van der Waals surface area contributed by atoms with E-state index in [4.69, 9.17) is 10.00 Å². The zero-order valence-corrected chi connectivity index (χ0v) is 14.9. The van der Waals surface area contributed by atoms with Gasteiger partial charge in [-0.3, -0.25) is 4.79 Å². The third-order valence-electron chi connectivity index (χ3n) is 2.99. The molecular formula is C19H24N2O3. The molecule has 1 aromatic rings. The molecule has 0 bridgehead atoms. The Morgan fingerprint density at radius 3 is 2.25 bits per heavy atom. The first kappa shape index (κ1) is 19.6. The number of benzene rings is 1. The third-order valence-corrected chi connectivity index (χ3v) is 2.99. The predicted octanol–water partition coefficient (Wildman–Crippen LogP) is 4.09. The molecule has 0 aliphatic heterocycles. The van der Waals surface area contributed by atoms with Crippen LogP contribution in [0.15, 0.2) is 29.3 Å². The SMILES string of the molecule is CC(C)CC(=O)C(Cc1ccc(C#N)cc1)=NC(=O)OC(C)(C)C. The van der Waals surface area contributed by atoms with Crippen LogP contribution in [0.25, 0.3) is 0 Å². The molecule has 5 nitrogen and oxygen atoms in total. The number of ketones is 1. The monoisotopic (exact) mass is 328 g/mol. The molecule has 0 radical (unpaired) electrons. The van der Waals surface area contributed by atoms with Crippen LogP contribution in [0.3, 0.4) is 0 Å². The van der Waals surface area contributed by atoms with Crippen LogP contribution < -0.4 is 0 Å². The number of hydrogen-bond acceptors (Lipinski definition) is 4. The first-order chi connectivity index (χ1) is 11.1. The summed E-state index contributed by atoms with van der Waals surface area (Å²) in [5, 5.41) is 8.84. The number of ether oxygens (including phenoxy) is 1. The molecule has 0 spiro atoms. The molecule has 0 atom stereocenters. The maximum atomic E-state index is 12.4. The Labute approximate surface area is 143 Å². The Kier molecular flexibility index (Phi) is 6.84. The van der Waals surface area contributed by atoms with Crippen molar-refractivity contribution in [1.82, 2.24) is 0 Å². The van der Waals surface area contributed by atoms with E-state index in [-0.39, 0.29) is 23.8 Å². The average molecular weight is 328 g/mol. The average Bonchev–Trinajstić information content (AvgIpc) is 2.44. The van der Waals surface area contributed by atoms with Gasteiger partial charge in [0.15, 0.2) is 5.78 Å². The molecule has 0 saturated carbocycles. The van der Waals surface area contributed by atoms with Crippen molar-refractivity contribution >= 4 is 17.6 Å². The smallest absolute Gasteiger partial charge is 0.434 e. The molecule has 1 rings (SSSR count). The highest BCUT2D eigenvalue weighted by Crippen LogP contribution is 2.12. The van der Waals surface area contributed by atoms with Gasteiger partial charge in [-0.05, 0) is 44.4 Å². The third kappa shape index (κ3) is 7.19. The van der Waals surface area contributed by atoms with Gasteiger partial charge in [-0.2, -0.15) is 10.3 Å². The summed E-state index contributed by atoms with van der Waals surface area (Å²) < 4.78 is 5.18. The van der Waals surface area contributed by atoms with E-state index in [1.54, 1.807) is 45.0 Å². The van der Waals surface area contributed by atoms with Gasteiger partial charge < -0.3 is 4.74 Å². The molecule has 24 heavy (non-hydrogen) atoms. The standard InChI is InChI=1S/C19H24N2O3/c1-13(2)10-17(22)16(21-18(23)24-19(3,4)5)11-14-6-8-15(12-20)9-7-14/h6-9,13H,10-11H2,1-5H3. The van der Waals surface area contributed by atoms with E-state index in [2.05, 4.69) is 4.99 Å². The van der Waals surface area contributed by atoms with Crippen LogP contribution in [0.1, 0.15) is 52.2 Å². The lowest BCUT2D eigenvalue weighted by Gasteiger charge is -2.18. The van der Waals surface area contributed by atoms with Crippen LogP contribution in [0.5, 0.6) is 0 Å². The minimum absolute atomic E-state index is 0.166. The first-order valence-corrected chi connectivity index (χ1v) is 7.93. The number of nitriles is 1. The van der Waals surface area contributed by atoms with Gasteiger partial charge in [-0.15, -0.1) is 0 Å². The van der Waals surface area contributed by atoms with Gasteiger partial charge >= 0.3 is 6.09 Å². The highest BCUT2D eigenvalue weighted by atomic mass is 16.6. The van der Waals surface area contributed by atoms with Crippen LogP contribution in [0, 0.1) is 17.2 Å². The van der Waals surface area contributed by atoms with E-state index in [0.29, 0.717) is 12.0 Å². The van der Waals surface area contributed by atoms with Gasteiger partial charge in [0.1, 0.15) is 5.60 Å². The topological polar surface area (TPSA) is 79.5 Å². The molecule has 0 aliphatic rings. The van der Waals surface area contributed by atoms with Crippen LogP contribution >= 0.6 is 0 Å². The van der Waals surface area contributed by atoms with Crippen molar-refractivity contribution in [3.05, 3.63) is 35.4 Å². The molecule has 0 aliphatic carbocycles. The molecule has 5 heteroatoms. The Hall–Kier alpha value is -2.48. The van der Waals surface area contributed by atoms with Crippen molar-refractivity contribution in [3.63, 3.8) is 0 Å². The number of Topliss-reactive ketones (excluding diaryl/α,β-unsaturated/α-hetero) is 1. The molecule has 1 amide bonds. The molecule has 1 aromatic carbocycles.